The van der Waals surface area contributed by atoms with Crippen molar-refractivity contribution in [3.63, 3.8) is 0 Å². The Hall–Kier alpha value is -3.22. The van der Waals surface area contributed by atoms with Gasteiger partial charge in [0.05, 0.1) is 35.0 Å². The first-order valence-electron chi connectivity index (χ1n) is 14.1. The van der Waals surface area contributed by atoms with Crippen LogP contribution in [0.2, 0.25) is 5.15 Å². The number of carbonyl (C=O) groups is 1. The van der Waals surface area contributed by atoms with Gasteiger partial charge >= 0.3 is 0 Å². The highest BCUT2D eigenvalue weighted by Gasteiger charge is 2.38. The normalized spacial score (nSPS) is 18.3. The SMILES string of the molecule is Cc1cc([C@@H](C)Nc2ccc(Cl)nc2C(=O)NS(C)(=O)=O)c2nc(N3CCC4(CCC(O)CC4)CC3)n(C)c(=O)c2c1. The van der Waals surface area contributed by atoms with Crippen molar-refractivity contribution < 1.29 is 18.3 Å². The number of hydrogen-bond donors (Lipinski definition) is 3. The van der Waals surface area contributed by atoms with Gasteiger partial charge in [-0.15, -0.1) is 0 Å². The largest absolute Gasteiger partial charge is 0.393 e. The van der Waals surface area contributed by atoms with Crippen LogP contribution in [0.5, 0.6) is 0 Å². The zero-order valence-corrected chi connectivity index (χ0v) is 25.8. The zero-order valence-electron chi connectivity index (χ0n) is 24.3. The van der Waals surface area contributed by atoms with Crippen LogP contribution >= 0.6 is 11.6 Å². The summed E-state index contributed by atoms with van der Waals surface area (Å²) in [7, 11) is -2.07. The summed E-state index contributed by atoms with van der Waals surface area (Å²) in [5.41, 5.74) is 2.41. The number of fused-ring (bicyclic) bond motifs is 1. The van der Waals surface area contributed by atoms with E-state index < -0.39 is 22.0 Å². The van der Waals surface area contributed by atoms with Crippen LogP contribution in [0, 0.1) is 12.3 Å². The highest BCUT2D eigenvalue weighted by atomic mass is 35.5. The molecular weight excluding hydrogens is 580 g/mol. The Labute approximate surface area is 250 Å². The topological polar surface area (TPSA) is 147 Å². The molecule has 1 aromatic carbocycles. The molecule has 0 radical (unpaired) electrons. The number of aliphatic hydroxyl groups is 1. The van der Waals surface area contributed by atoms with Gasteiger partial charge in [0.25, 0.3) is 11.5 Å². The number of nitrogens with one attached hydrogen (secondary N) is 2. The molecule has 5 rings (SSSR count). The summed E-state index contributed by atoms with van der Waals surface area (Å²) in [5.74, 6) is -0.301. The first-order valence-corrected chi connectivity index (χ1v) is 16.4. The van der Waals surface area contributed by atoms with E-state index in [1.165, 1.54) is 6.07 Å². The van der Waals surface area contributed by atoms with Gasteiger partial charge in [-0.1, -0.05) is 17.7 Å². The average Bonchev–Trinajstić information content (AvgIpc) is 2.93. The van der Waals surface area contributed by atoms with Crippen LogP contribution in [-0.4, -0.2) is 59.4 Å². The van der Waals surface area contributed by atoms with E-state index in [4.69, 9.17) is 16.6 Å². The highest BCUT2D eigenvalue weighted by molar-refractivity contribution is 7.89. The lowest BCUT2D eigenvalue weighted by molar-refractivity contribution is 0.0476. The van der Waals surface area contributed by atoms with E-state index in [9.17, 15) is 23.1 Å². The third kappa shape index (κ3) is 6.25. The number of pyridine rings is 1. The molecule has 1 amide bonds. The molecule has 2 aromatic heterocycles. The average molecular weight is 617 g/mol. The Bertz CT molecular complexity index is 1690. The lowest BCUT2D eigenvalue weighted by Crippen LogP contribution is -2.44. The number of piperidine rings is 1. The van der Waals surface area contributed by atoms with Gasteiger partial charge in [-0.2, -0.15) is 0 Å². The molecule has 2 fully saturated rings. The van der Waals surface area contributed by atoms with Crippen LogP contribution < -0.4 is 20.5 Å². The van der Waals surface area contributed by atoms with E-state index in [1.54, 1.807) is 17.7 Å². The molecule has 13 heteroatoms. The number of aryl methyl sites for hydroxylation is 1. The molecule has 3 heterocycles. The Morgan fingerprint density at radius 3 is 2.45 bits per heavy atom. The van der Waals surface area contributed by atoms with Crippen LogP contribution in [-0.2, 0) is 17.1 Å². The van der Waals surface area contributed by atoms with Crippen LogP contribution in [0.15, 0.2) is 29.1 Å². The monoisotopic (exact) mass is 616 g/mol. The summed E-state index contributed by atoms with van der Waals surface area (Å²) in [6.07, 6.45) is 6.44. The van der Waals surface area contributed by atoms with Gasteiger partial charge in [-0.3, -0.25) is 14.2 Å². The molecule has 1 saturated heterocycles. The molecule has 3 N–H and O–H groups in total. The predicted molar refractivity (Wildman–Crippen MR) is 164 cm³/mol. The van der Waals surface area contributed by atoms with Crippen LogP contribution in [0.4, 0.5) is 11.6 Å². The maximum Gasteiger partial charge on any atom is 0.285 e. The number of benzene rings is 1. The fraction of sp³-hybridized carbons (Fsp3) is 0.517. The molecule has 1 saturated carbocycles. The predicted octanol–water partition coefficient (Wildman–Crippen LogP) is 3.67. The van der Waals surface area contributed by atoms with Crippen molar-refractivity contribution in [2.24, 2.45) is 12.5 Å². The van der Waals surface area contributed by atoms with Crippen molar-refractivity contribution in [2.75, 3.05) is 29.6 Å². The highest BCUT2D eigenvalue weighted by Crippen LogP contribution is 2.45. The van der Waals surface area contributed by atoms with Crippen LogP contribution in [0.3, 0.4) is 0 Å². The number of anilines is 2. The van der Waals surface area contributed by atoms with Crippen molar-refractivity contribution in [3.05, 3.63) is 56.6 Å². The first-order chi connectivity index (χ1) is 19.7. The van der Waals surface area contributed by atoms with E-state index in [2.05, 4.69) is 15.2 Å². The van der Waals surface area contributed by atoms with Gasteiger partial charge in [0.2, 0.25) is 16.0 Å². The van der Waals surface area contributed by atoms with Gasteiger partial charge < -0.3 is 15.3 Å². The second kappa shape index (κ2) is 11.5. The number of sulfonamides is 1. The van der Waals surface area contributed by atoms with Crippen LogP contribution in [0.1, 0.15) is 73.1 Å². The molecular formula is C29H37ClN6O5S. The Morgan fingerprint density at radius 2 is 1.81 bits per heavy atom. The molecule has 3 aromatic rings. The molecule has 1 spiro atoms. The number of hydrogen-bond acceptors (Lipinski definition) is 9. The lowest BCUT2D eigenvalue weighted by atomic mass is 9.67. The van der Waals surface area contributed by atoms with Gasteiger partial charge in [0, 0.05) is 25.7 Å². The number of aliphatic hydroxyl groups excluding tert-OH is 1. The molecule has 11 nitrogen and oxygen atoms in total. The first kappa shape index (κ1) is 30.2. The fourth-order valence-corrected chi connectivity index (χ4v) is 6.88. The maximum atomic E-state index is 13.6. The molecule has 226 valence electrons. The van der Waals surface area contributed by atoms with Crippen molar-refractivity contribution >= 4 is 50.1 Å². The zero-order chi connectivity index (χ0) is 30.4. The van der Waals surface area contributed by atoms with Gasteiger partial charge in [-0.05, 0) is 81.5 Å². The summed E-state index contributed by atoms with van der Waals surface area (Å²) >= 11 is 6.03. The van der Waals surface area contributed by atoms with E-state index in [1.807, 2.05) is 30.7 Å². The molecule has 0 bridgehead atoms. The minimum Gasteiger partial charge on any atom is -0.393 e. The van der Waals surface area contributed by atoms with Crippen molar-refractivity contribution in [3.8, 4) is 0 Å². The van der Waals surface area contributed by atoms with Crippen molar-refractivity contribution in [2.45, 2.75) is 64.5 Å². The molecule has 0 unspecified atom stereocenters. The smallest absolute Gasteiger partial charge is 0.285 e. The second-order valence-corrected chi connectivity index (χ2v) is 14.0. The Kier molecular flexibility index (Phi) is 8.25. The maximum absolute atomic E-state index is 13.6. The van der Waals surface area contributed by atoms with E-state index in [-0.39, 0.29) is 33.6 Å². The Morgan fingerprint density at radius 1 is 1.14 bits per heavy atom. The van der Waals surface area contributed by atoms with Crippen LogP contribution in [0.25, 0.3) is 10.9 Å². The number of nitrogens with zero attached hydrogens (tertiary/aromatic N) is 4. The molecule has 2 aliphatic rings. The summed E-state index contributed by atoms with van der Waals surface area (Å²) in [5, 5.41) is 13.8. The summed E-state index contributed by atoms with van der Waals surface area (Å²) in [6, 6.07) is 6.41. The second-order valence-electron chi connectivity index (χ2n) is 11.8. The van der Waals surface area contributed by atoms with E-state index in [0.29, 0.717) is 16.9 Å². The number of rotatable bonds is 6. The van der Waals surface area contributed by atoms with Gasteiger partial charge in [0.1, 0.15) is 5.15 Å². The third-order valence-corrected chi connectivity index (χ3v) is 9.41. The summed E-state index contributed by atoms with van der Waals surface area (Å²) in [4.78, 5) is 37.6. The Balaban J connectivity index is 1.48. The molecule has 1 aliphatic heterocycles. The number of amides is 1. The molecule has 1 atom stereocenters. The molecule has 42 heavy (non-hydrogen) atoms. The fourth-order valence-electron chi connectivity index (χ4n) is 6.30. The minimum absolute atomic E-state index is 0.0374. The number of halogens is 1. The summed E-state index contributed by atoms with van der Waals surface area (Å²) in [6.45, 7) is 5.35. The van der Waals surface area contributed by atoms with E-state index >= 15 is 0 Å². The van der Waals surface area contributed by atoms with Crippen molar-refractivity contribution in [1.82, 2.24) is 19.3 Å². The molecule has 1 aliphatic carbocycles. The van der Waals surface area contributed by atoms with E-state index in [0.717, 1.165) is 69.0 Å². The quantitative estimate of drug-likeness (QED) is 0.353. The summed E-state index contributed by atoms with van der Waals surface area (Å²) < 4.78 is 26.9. The lowest BCUT2D eigenvalue weighted by Gasteiger charge is -2.45. The third-order valence-electron chi connectivity index (χ3n) is 8.65. The number of aromatic nitrogens is 3. The minimum atomic E-state index is -3.83. The number of carbonyl (C=O) groups excluding carboxylic acids is 1. The van der Waals surface area contributed by atoms with Crippen molar-refractivity contribution in [1.29, 1.82) is 0 Å². The van der Waals surface area contributed by atoms with Gasteiger partial charge in [0.15, 0.2) is 5.69 Å². The van der Waals surface area contributed by atoms with Gasteiger partial charge in [-0.25, -0.2) is 23.1 Å². The standard InChI is InChI=1S/C29H37ClN6O5S/c1-17-15-20(18(2)31-22-5-6-23(30)32-25(22)26(38)34-42(4,40)41)24-21(16-17)27(39)35(3)28(33-24)36-13-11-29(12-14-36)9-7-19(37)8-10-29/h5-6,15-16,18-19,31,37H,7-14H2,1-4H3,(H,34,38)/t18-/m1/s1.